The van der Waals surface area contributed by atoms with Crippen LogP contribution in [0.15, 0.2) is 55.1 Å². The van der Waals surface area contributed by atoms with E-state index in [1.807, 2.05) is 37.2 Å². The lowest BCUT2D eigenvalue weighted by molar-refractivity contribution is -0.139. The third kappa shape index (κ3) is 4.20. The van der Waals surface area contributed by atoms with Gasteiger partial charge in [-0.3, -0.25) is 9.59 Å². The molecule has 2 rings (SSSR count). The largest absolute Gasteiger partial charge is 0.346 e. The first-order valence-electron chi connectivity index (χ1n) is 7.85. The van der Waals surface area contributed by atoms with Gasteiger partial charge in [0, 0.05) is 13.1 Å². The number of rotatable bonds is 6. The Kier molecular flexibility index (Phi) is 6.09. The van der Waals surface area contributed by atoms with Crippen molar-refractivity contribution in [2.24, 2.45) is 0 Å². The van der Waals surface area contributed by atoms with Crippen molar-refractivity contribution in [2.75, 3.05) is 27.2 Å². The van der Waals surface area contributed by atoms with E-state index in [9.17, 15) is 9.59 Å². The predicted molar refractivity (Wildman–Crippen MR) is 96.6 cm³/mol. The summed E-state index contributed by atoms with van der Waals surface area (Å²) < 4.78 is 0. The summed E-state index contributed by atoms with van der Waals surface area (Å²) in [4.78, 5) is 25.6. The molecule has 0 saturated heterocycles. The minimum atomic E-state index is -0.648. The zero-order chi connectivity index (χ0) is 17.5. The van der Waals surface area contributed by atoms with Gasteiger partial charge in [-0.1, -0.05) is 48.5 Å². The highest BCUT2D eigenvalue weighted by Gasteiger charge is 2.19. The Hall–Kier alpha value is -2.66. The molecule has 0 aliphatic heterocycles. The van der Waals surface area contributed by atoms with Crippen LogP contribution in [0, 0.1) is 0 Å². The summed E-state index contributed by atoms with van der Waals surface area (Å²) in [6.07, 6.45) is 1.53. The number of hydrogen-bond donors (Lipinski definition) is 2. The van der Waals surface area contributed by atoms with Crippen molar-refractivity contribution in [2.45, 2.75) is 6.04 Å². The van der Waals surface area contributed by atoms with Gasteiger partial charge in [-0.2, -0.15) is 0 Å². The third-order valence-electron chi connectivity index (χ3n) is 3.87. The number of nitrogens with zero attached hydrogens (tertiary/aromatic N) is 1. The Bertz CT molecular complexity index is 735. The summed E-state index contributed by atoms with van der Waals surface area (Å²) in [5.41, 5.74) is 1.12. The van der Waals surface area contributed by atoms with Crippen molar-refractivity contribution < 1.29 is 9.59 Å². The van der Waals surface area contributed by atoms with Gasteiger partial charge in [-0.15, -0.1) is 6.58 Å². The van der Waals surface area contributed by atoms with Gasteiger partial charge in [0.15, 0.2) is 0 Å². The zero-order valence-electron chi connectivity index (χ0n) is 14.1. The van der Waals surface area contributed by atoms with Gasteiger partial charge in [-0.25, -0.2) is 0 Å². The van der Waals surface area contributed by atoms with Gasteiger partial charge >= 0.3 is 11.8 Å². The van der Waals surface area contributed by atoms with Crippen LogP contribution in [0.1, 0.15) is 11.6 Å². The monoisotopic (exact) mass is 325 g/mol. The van der Waals surface area contributed by atoms with Gasteiger partial charge in [0.2, 0.25) is 0 Å². The van der Waals surface area contributed by atoms with Gasteiger partial charge in [0.05, 0.1) is 6.04 Å². The summed E-state index contributed by atoms with van der Waals surface area (Å²) in [6, 6.07) is 14.2. The average Bonchev–Trinajstić information content (AvgIpc) is 2.59. The molecule has 126 valence electrons. The van der Waals surface area contributed by atoms with E-state index in [1.54, 1.807) is 0 Å². The molecule has 24 heavy (non-hydrogen) atoms. The lowest BCUT2D eigenvalue weighted by Crippen LogP contribution is -2.43. The molecule has 2 amide bonds. The molecule has 0 fully saturated rings. The maximum Gasteiger partial charge on any atom is 0.309 e. The lowest BCUT2D eigenvalue weighted by Gasteiger charge is -2.26. The number of hydrogen-bond acceptors (Lipinski definition) is 3. The van der Waals surface area contributed by atoms with Crippen molar-refractivity contribution >= 4 is 22.6 Å². The number of nitrogens with one attached hydrogen (secondary N) is 2. The van der Waals surface area contributed by atoms with E-state index < -0.39 is 11.8 Å². The fraction of sp³-hybridized carbons (Fsp3) is 0.263. The normalized spacial score (nSPS) is 12.0. The molecule has 5 heteroatoms. The summed E-state index contributed by atoms with van der Waals surface area (Å²) in [6.45, 7) is 4.12. The highest BCUT2D eigenvalue weighted by Crippen LogP contribution is 2.26. The van der Waals surface area contributed by atoms with Crippen LogP contribution >= 0.6 is 0 Å². The molecule has 0 radical (unpaired) electrons. The molecule has 2 N–H and O–H groups in total. The topological polar surface area (TPSA) is 61.4 Å². The first-order chi connectivity index (χ1) is 11.5. The molecule has 0 unspecified atom stereocenters. The van der Waals surface area contributed by atoms with Crippen molar-refractivity contribution in [1.82, 2.24) is 15.5 Å². The maximum atomic E-state index is 11.9. The molecule has 5 nitrogen and oxygen atoms in total. The zero-order valence-corrected chi connectivity index (χ0v) is 14.1. The van der Waals surface area contributed by atoms with E-state index in [1.165, 1.54) is 6.08 Å². The fourth-order valence-electron chi connectivity index (χ4n) is 2.63. The first kappa shape index (κ1) is 17.7. The lowest BCUT2D eigenvalue weighted by atomic mass is 9.98. The molecule has 0 spiro atoms. The average molecular weight is 325 g/mol. The molecule has 0 aliphatic rings. The molecular weight excluding hydrogens is 302 g/mol. The Balaban J connectivity index is 2.16. The van der Waals surface area contributed by atoms with Gasteiger partial charge in [-0.05, 0) is 30.4 Å². The molecule has 2 aromatic rings. The number of carbonyl (C=O) groups is 2. The van der Waals surface area contributed by atoms with E-state index in [0.717, 1.165) is 16.3 Å². The first-order valence-corrected chi connectivity index (χ1v) is 7.85. The smallest absolute Gasteiger partial charge is 0.309 e. The number of fused-ring (bicyclic) bond motifs is 1. The maximum absolute atomic E-state index is 11.9. The van der Waals surface area contributed by atoms with Crippen molar-refractivity contribution in [1.29, 1.82) is 0 Å². The highest BCUT2D eigenvalue weighted by atomic mass is 16.2. The molecule has 1 atom stereocenters. The Morgan fingerprint density at radius 2 is 1.75 bits per heavy atom. The second-order valence-electron chi connectivity index (χ2n) is 5.76. The summed E-state index contributed by atoms with van der Waals surface area (Å²) in [5.74, 6) is -1.28. The summed E-state index contributed by atoms with van der Waals surface area (Å²) >= 11 is 0. The quantitative estimate of drug-likeness (QED) is 0.629. The molecule has 0 aromatic heterocycles. The van der Waals surface area contributed by atoms with E-state index in [0.29, 0.717) is 6.54 Å². The van der Waals surface area contributed by atoms with Gasteiger partial charge in [0.25, 0.3) is 0 Å². The minimum absolute atomic E-state index is 0.0349. The SMILES string of the molecule is C=CCNC(=O)C(=O)NC[C@@H](c1cccc2ccccc12)N(C)C. The Morgan fingerprint density at radius 3 is 2.46 bits per heavy atom. The highest BCUT2D eigenvalue weighted by molar-refractivity contribution is 6.35. The van der Waals surface area contributed by atoms with E-state index in [2.05, 4.69) is 41.5 Å². The summed E-state index contributed by atoms with van der Waals surface area (Å²) in [7, 11) is 3.91. The van der Waals surface area contributed by atoms with Crippen LogP contribution in [0.4, 0.5) is 0 Å². The van der Waals surface area contributed by atoms with Crippen molar-refractivity contribution in [3.8, 4) is 0 Å². The van der Waals surface area contributed by atoms with Crippen molar-refractivity contribution in [3.05, 3.63) is 60.7 Å². The van der Waals surface area contributed by atoms with E-state index >= 15 is 0 Å². The molecular formula is C19H23N3O2. The fourth-order valence-corrected chi connectivity index (χ4v) is 2.63. The van der Waals surface area contributed by atoms with Crippen LogP contribution in [0.5, 0.6) is 0 Å². The number of likely N-dealkylation sites (N-methyl/N-ethyl adjacent to an activating group) is 1. The molecule has 0 aliphatic carbocycles. The second-order valence-corrected chi connectivity index (χ2v) is 5.76. The van der Waals surface area contributed by atoms with Crippen LogP contribution in [0.25, 0.3) is 10.8 Å². The summed E-state index contributed by atoms with van der Waals surface area (Å²) in [5, 5.41) is 7.47. The minimum Gasteiger partial charge on any atom is -0.346 e. The van der Waals surface area contributed by atoms with Crippen molar-refractivity contribution in [3.63, 3.8) is 0 Å². The van der Waals surface area contributed by atoms with Gasteiger partial charge in [0.1, 0.15) is 0 Å². The van der Waals surface area contributed by atoms with Crippen LogP contribution in [-0.2, 0) is 9.59 Å². The molecule has 0 saturated carbocycles. The Labute approximate surface area is 142 Å². The predicted octanol–water partition coefficient (Wildman–Crippen LogP) is 1.86. The number of amides is 2. The van der Waals surface area contributed by atoms with E-state index in [-0.39, 0.29) is 12.6 Å². The third-order valence-corrected chi connectivity index (χ3v) is 3.87. The van der Waals surface area contributed by atoms with Crippen LogP contribution in [0.2, 0.25) is 0 Å². The molecule has 2 aromatic carbocycles. The second kappa shape index (κ2) is 8.26. The van der Waals surface area contributed by atoms with Crippen LogP contribution in [0.3, 0.4) is 0 Å². The van der Waals surface area contributed by atoms with Gasteiger partial charge < -0.3 is 15.5 Å². The van der Waals surface area contributed by atoms with E-state index in [4.69, 9.17) is 0 Å². The van der Waals surface area contributed by atoms with Crippen LogP contribution < -0.4 is 10.6 Å². The number of carbonyl (C=O) groups excluding carboxylic acids is 2. The molecule has 0 bridgehead atoms. The standard InChI is InChI=1S/C19H23N3O2/c1-4-12-20-18(23)19(24)21-13-17(22(2)3)16-11-7-9-14-8-5-6-10-15(14)16/h4-11,17H,1,12-13H2,2-3H3,(H,20,23)(H,21,24)/t17-/m0/s1. The Morgan fingerprint density at radius 1 is 1.08 bits per heavy atom. The number of benzene rings is 2. The van der Waals surface area contributed by atoms with Crippen LogP contribution in [-0.4, -0.2) is 43.9 Å². The molecule has 0 heterocycles.